The zero-order valence-corrected chi connectivity index (χ0v) is 17.6. The van der Waals surface area contributed by atoms with E-state index in [1.54, 1.807) is 12.0 Å². The maximum Gasteiger partial charge on any atom is 0.311 e. The first-order chi connectivity index (χ1) is 14.0. The number of rotatable bonds is 10. The van der Waals surface area contributed by atoms with Crippen molar-refractivity contribution in [3.63, 3.8) is 0 Å². The fourth-order valence-electron chi connectivity index (χ4n) is 3.65. The van der Waals surface area contributed by atoms with E-state index in [2.05, 4.69) is 12.2 Å². The number of ether oxygens (including phenoxy) is 2. The van der Waals surface area contributed by atoms with Crippen molar-refractivity contribution in [2.75, 3.05) is 26.8 Å². The van der Waals surface area contributed by atoms with Gasteiger partial charge in [-0.2, -0.15) is 0 Å². The van der Waals surface area contributed by atoms with E-state index in [4.69, 9.17) is 9.47 Å². The lowest BCUT2D eigenvalue weighted by Gasteiger charge is -2.40. The number of hydrogen-bond donors (Lipinski definition) is 1. The highest BCUT2D eigenvalue weighted by atomic mass is 16.5. The summed E-state index contributed by atoms with van der Waals surface area (Å²) in [7, 11) is 1.57. The Kier molecular flexibility index (Phi) is 8.96. The van der Waals surface area contributed by atoms with Gasteiger partial charge in [0.05, 0.1) is 19.1 Å². The normalized spacial score (nSPS) is 19.0. The number of amides is 2. The summed E-state index contributed by atoms with van der Waals surface area (Å²) >= 11 is 0. The number of nitrogens with zero attached hydrogens (tertiary/aromatic N) is 1. The molecule has 7 nitrogen and oxygen atoms in total. The summed E-state index contributed by atoms with van der Waals surface area (Å²) in [6.07, 6.45) is 3.27. The number of para-hydroxylation sites is 1. The van der Waals surface area contributed by atoms with Crippen LogP contribution in [0.1, 0.15) is 57.6 Å². The summed E-state index contributed by atoms with van der Waals surface area (Å²) < 4.78 is 10.8. The van der Waals surface area contributed by atoms with Crippen LogP contribution in [0.4, 0.5) is 0 Å². The molecule has 1 saturated heterocycles. The number of piperidine rings is 1. The van der Waals surface area contributed by atoms with Gasteiger partial charge in [0.25, 0.3) is 5.91 Å². The van der Waals surface area contributed by atoms with Crippen LogP contribution >= 0.6 is 0 Å². The summed E-state index contributed by atoms with van der Waals surface area (Å²) in [5.74, 6) is -0.656. The van der Waals surface area contributed by atoms with E-state index in [0.717, 1.165) is 24.8 Å². The van der Waals surface area contributed by atoms with Crippen molar-refractivity contribution in [2.45, 2.75) is 52.0 Å². The fourth-order valence-corrected chi connectivity index (χ4v) is 3.65. The molecule has 1 fully saturated rings. The molecular formula is C22H32N2O5. The highest BCUT2D eigenvalue weighted by Crippen LogP contribution is 2.41. The molecule has 7 heteroatoms. The van der Waals surface area contributed by atoms with Crippen molar-refractivity contribution in [1.29, 1.82) is 0 Å². The first kappa shape index (κ1) is 22.7. The van der Waals surface area contributed by atoms with Crippen LogP contribution in [0.2, 0.25) is 0 Å². The molecule has 0 spiro atoms. The monoisotopic (exact) mass is 404 g/mol. The molecule has 0 aromatic heterocycles. The van der Waals surface area contributed by atoms with Crippen molar-refractivity contribution >= 4 is 17.8 Å². The van der Waals surface area contributed by atoms with Gasteiger partial charge in [-0.3, -0.25) is 14.4 Å². The molecule has 160 valence electrons. The summed E-state index contributed by atoms with van der Waals surface area (Å²) in [4.78, 5) is 39.2. The summed E-state index contributed by atoms with van der Waals surface area (Å²) in [5.41, 5.74) is 0.788. The van der Waals surface area contributed by atoms with Crippen LogP contribution in [0.25, 0.3) is 0 Å². The van der Waals surface area contributed by atoms with Crippen molar-refractivity contribution in [3.05, 3.63) is 29.8 Å². The van der Waals surface area contributed by atoms with Gasteiger partial charge in [-0.05, 0) is 25.3 Å². The predicted octanol–water partition coefficient (Wildman–Crippen LogP) is 2.84. The Morgan fingerprint density at radius 1 is 1.21 bits per heavy atom. The average molecular weight is 405 g/mol. The molecule has 1 aliphatic heterocycles. The van der Waals surface area contributed by atoms with E-state index in [1.807, 2.05) is 31.2 Å². The number of carbonyl (C=O) groups excluding carboxylic acids is 3. The van der Waals surface area contributed by atoms with Gasteiger partial charge < -0.3 is 19.7 Å². The Morgan fingerprint density at radius 3 is 2.66 bits per heavy atom. The number of nitrogens with one attached hydrogen (secondary N) is 1. The predicted molar refractivity (Wildman–Crippen MR) is 109 cm³/mol. The van der Waals surface area contributed by atoms with E-state index in [-0.39, 0.29) is 24.8 Å². The largest absolute Gasteiger partial charge is 0.496 e. The molecule has 2 rings (SSSR count). The Hall–Kier alpha value is -2.57. The Morgan fingerprint density at radius 2 is 1.97 bits per heavy atom. The number of unbranched alkanes of at least 4 members (excludes halogenated alkanes) is 1. The lowest BCUT2D eigenvalue weighted by atomic mass is 9.83. The number of benzene rings is 1. The molecule has 1 aromatic rings. The van der Waals surface area contributed by atoms with Gasteiger partial charge in [0.1, 0.15) is 5.75 Å². The van der Waals surface area contributed by atoms with Crippen LogP contribution < -0.4 is 10.1 Å². The standard InChI is InChI=1S/C22H32N2O5/c1-4-6-14-24-20(26)12-11-17(22(27)29-15-19(25)23-13-5-2)21(24)16-9-7-8-10-18(16)28-3/h7-10,17,21H,4-6,11-15H2,1-3H3,(H,23,25)/t17-,21+/m1/s1. The summed E-state index contributed by atoms with van der Waals surface area (Å²) in [6.45, 7) is 4.82. The Labute approximate surface area is 172 Å². The molecule has 0 unspecified atom stereocenters. The van der Waals surface area contributed by atoms with Gasteiger partial charge in [0.2, 0.25) is 5.91 Å². The summed E-state index contributed by atoms with van der Waals surface area (Å²) in [5, 5.41) is 2.69. The first-order valence-electron chi connectivity index (χ1n) is 10.4. The van der Waals surface area contributed by atoms with E-state index < -0.39 is 17.9 Å². The van der Waals surface area contributed by atoms with Crippen LogP contribution in [0.3, 0.4) is 0 Å². The second kappa shape index (κ2) is 11.4. The second-order valence-corrected chi connectivity index (χ2v) is 7.23. The molecule has 0 saturated carbocycles. The smallest absolute Gasteiger partial charge is 0.311 e. The number of methoxy groups -OCH3 is 1. The molecule has 29 heavy (non-hydrogen) atoms. The fraction of sp³-hybridized carbons (Fsp3) is 0.591. The molecule has 0 aliphatic carbocycles. The molecule has 2 amide bonds. The SMILES string of the molecule is CCCCN1C(=O)CC[C@@H](C(=O)OCC(=O)NCCC)[C@@H]1c1ccccc1OC. The van der Waals surface area contributed by atoms with Crippen molar-refractivity contribution in [3.8, 4) is 5.75 Å². The maximum absolute atomic E-state index is 12.9. The Balaban J connectivity index is 2.26. The number of esters is 1. The summed E-state index contributed by atoms with van der Waals surface area (Å²) in [6, 6.07) is 6.97. The van der Waals surface area contributed by atoms with Crippen LogP contribution in [0, 0.1) is 5.92 Å². The van der Waals surface area contributed by atoms with Crippen LogP contribution in [0.15, 0.2) is 24.3 Å². The van der Waals surface area contributed by atoms with Crippen LogP contribution in [0.5, 0.6) is 5.75 Å². The van der Waals surface area contributed by atoms with Crippen LogP contribution in [-0.2, 0) is 19.1 Å². The third kappa shape index (κ3) is 5.95. The van der Waals surface area contributed by atoms with Crippen molar-refractivity contribution in [1.82, 2.24) is 10.2 Å². The van der Waals surface area contributed by atoms with E-state index in [9.17, 15) is 14.4 Å². The lowest BCUT2D eigenvalue weighted by Crippen LogP contribution is -2.46. The number of likely N-dealkylation sites (tertiary alicyclic amines) is 1. The van der Waals surface area contributed by atoms with Crippen LogP contribution in [-0.4, -0.2) is 49.5 Å². The molecule has 1 aromatic carbocycles. The van der Waals surface area contributed by atoms with Gasteiger partial charge in [-0.1, -0.05) is 38.5 Å². The van der Waals surface area contributed by atoms with Gasteiger partial charge >= 0.3 is 5.97 Å². The number of carbonyl (C=O) groups is 3. The molecule has 2 atom stereocenters. The third-order valence-electron chi connectivity index (χ3n) is 5.14. The zero-order valence-electron chi connectivity index (χ0n) is 17.6. The molecule has 1 aliphatic rings. The quantitative estimate of drug-likeness (QED) is 0.606. The Bertz CT molecular complexity index is 706. The minimum atomic E-state index is -0.542. The van der Waals surface area contributed by atoms with Gasteiger partial charge in [0, 0.05) is 25.1 Å². The highest BCUT2D eigenvalue weighted by Gasteiger charge is 2.42. The first-order valence-corrected chi connectivity index (χ1v) is 10.4. The van der Waals surface area contributed by atoms with Gasteiger partial charge in [-0.15, -0.1) is 0 Å². The molecule has 1 N–H and O–H groups in total. The molecule has 1 heterocycles. The average Bonchev–Trinajstić information content (AvgIpc) is 2.74. The van der Waals surface area contributed by atoms with Crippen molar-refractivity contribution < 1.29 is 23.9 Å². The molecular weight excluding hydrogens is 372 g/mol. The minimum Gasteiger partial charge on any atom is -0.496 e. The van der Waals surface area contributed by atoms with E-state index >= 15 is 0 Å². The molecule has 0 bridgehead atoms. The lowest BCUT2D eigenvalue weighted by molar-refractivity contribution is -0.160. The van der Waals surface area contributed by atoms with Gasteiger partial charge in [-0.25, -0.2) is 0 Å². The van der Waals surface area contributed by atoms with E-state index in [1.165, 1.54) is 0 Å². The highest BCUT2D eigenvalue weighted by molar-refractivity contribution is 5.84. The maximum atomic E-state index is 12.9. The molecule has 0 radical (unpaired) electrons. The zero-order chi connectivity index (χ0) is 21.2. The van der Waals surface area contributed by atoms with Crippen molar-refractivity contribution in [2.24, 2.45) is 5.92 Å². The third-order valence-corrected chi connectivity index (χ3v) is 5.14. The van der Waals surface area contributed by atoms with E-state index in [0.29, 0.717) is 25.3 Å². The second-order valence-electron chi connectivity index (χ2n) is 7.23. The van der Waals surface area contributed by atoms with Gasteiger partial charge in [0.15, 0.2) is 6.61 Å². The number of hydrogen-bond acceptors (Lipinski definition) is 5. The topological polar surface area (TPSA) is 84.9 Å². The minimum absolute atomic E-state index is 0.0269.